The smallest absolute Gasteiger partial charge is 0.242 e. The average molecular weight is 428 g/mol. The number of ether oxygens (including phenoxy) is 1. The Hall–Kier alpha value is -0.150. The maximum Gasteiger partial charge on any atom is 0.242 e. The van der Waals surface area contributed by atoms with Gasteiger partial charge in [-0.1, -0.05) is 0 Å². The van der Waals surface area contributed by atoms with Gasteiger partial charge in [0, 0.05) is 27.8 Å². The first-order valence-electron chi connectivity index (χ1n) is 6.22. The highest BCUT2D eigenvalue weighted by Crippen LogP contribution is 2.32. The Morgan fingerprint density at radius 1 is 1.30 bits per heavy atom. The van der Waals surface area contributed by atoms with Crippen molar-refractivity contribution in [2.75, 3.05) is 25.5 Å². The summed E-state index contributed by atoms with van der Waals surface area (Å²) >= 11 is 6.45. The molecule has 0 atom stereocenters. The summed E-state index contributed by atoms with van der Waals surface area (Å²) < 4.78 is 33.2. The predicted molar refractivity (Wildman–Crippen MR) is 85.0 cm³/mol. The van der Waals surface area contributed by atoms with Crippen LogP contribution in [0.2, 0.25) is 0 Å². The number of nitrogen functional groups attached to an aromatic ring is 1. The Kier molecular flexibility index (Phi) is 5.47. The lowest BCUT2D eigenvalue weighted by atomic mass is 10.3. The minimum absolute atomic E-state index is 0.147. The van der Waals surface area contributed by atoms with Crippen molar-refractivity contribution < 1.29 is 13.2 Å². The predicted octanol–water partition coefficient (Wildman–Crippen LogP) is 2.50. The minimum Gasteiger partial charge on any atom is -0.399 e. The molecule has 8 heteroatoms. The van der Waals surface area contributed by atoms with Gasteiger partial charge >= 0.3 is 0 Å². The third-order valence-electron chi connectivity index (χ3n) is 2.88. The highest BCUT2D eigenvalue weighted by molar-refractivity contribution is 9.11. The zero-order valence-electron chi connectivity index (χ0n) is 10.7. The van der Waals surface area contributed by atoms with E-state index in [1.165, 1.54) is 12.8 Å². The zero-order chi connectivity index (χ0) is 14.8. The number of hydrogen-bond donors (Lipinski definition) is 2. The van der Waals surface area contributed by atoms with E-state index in [0.717, 1.165) is 6.61 Å². The van der Waals surface area contributed by atoms with E-state index in [9.17, 15) is 8.42 Å². The van der Waals surface area contributed by atoms with Gasteiger partial charge in [0.1, 0.15) is 4.90 Å². The van der Waals surface area contributed by atoms with Crippen LogP contribution >= 0.6 is 31.9 Å². The Morgan fingerprint density at radius 2 is 1.90 bits per heavy atom. The standard InChI is InChI=1S/C12H16Br2N2O3S/c13-10-5-9(15)6-11(14)12(10)20(17,18)16-3-4-19-7-8-1-2-8/h5-6,8,16H,1-4,7,15H2. The van der Waals surface area contributed by atoms with Crippen LogP contribution < -0.4 is 10.5 Å². The number of benzene rings is 1. The minimum atomic E-state index is -3.60. The number of rotatable bonds is 7. The largest absolute Gasteiger partial charge is 0.399 e. The van der Waals surface area contributed by atoms with E-state index in [0.29, 0.717) is 27.2 Å². The molecule has 0 unspecified atom stereocenters. The molecule has 0 saturated heterocycles. The summed E-state index contributed by atoms with van der Waals surface area (Å²) in [6.45, 7) is 1.34. The molecule has 0 bridgehead atoms. The monoisotopic (exact) mass is 426 g/mol. The van der Waals surface area contributed by atoms with Crippen molar-refractivity contribution in [3.8, 4) is 0 Å². The van der Waals surface area contributed by atoms with E-state index < -0.39 is 10.0 Å². The Labute approximate surface area is 135 Å². The molecule has 0 aromatic heterocycles. The van der Waals surface area contributed by atoms with Gasteiger partial charge in [0.05, 0.1) is 6.61 Å². The lowest BCUT2D eigenvalue weighted by molar-refractivity contribution is 0.129. The second-order valence-corrected chi connectivity index (χ2v) is 8.14. The molecule has 1 aliphatic carbocycles. The van der Waals surface area contributed by atoms with Crippen LogP contribution in [0.3, 0.4) is 0 Å². The summed E-state index contributed by atoms with van der Waals surface area (Å²) in [5, 5.41) is 0. The summed E-state index contributed by atoms with van der Waals surface area (Å²) in [4.78, 5) is 0.147. The van der Waals surface area contributed by atoms with Crippen molar-refractivity contribution in [2.24, 2.45) is 5.92 Å². The van der Waals surface area contributed by atoms with Crippen LogP contribution in [0.15, 0.2) is 26.0 Å². The fourth-order valence-electron chi connectivity index (χ4n) is 1.69. The maximum absolute atomic E-state index is 12.2. The van der Waals surface area contributed by atoms with Crippen molar-refractivity contribution >= 4 is 47.6 Å². The van der Waals surface area contributed by atoms with Gasteiger partial charge in [0.25, 0.3) is 0 Å². The molecule has 0 spiro atoms. The second-order valence-electron chi connectivity index (χ2n) is 4.73. The summed E-state index contributed by atoms with van der Waals surface area (Å²) in [6.07, 6.45) is 2.44. The number of nitrogens with two attached hydrogens (primary N) is 1. The number of anilines is 1. The quantitative estimate of drug-likeness (QED) is 0.517. The summed E-state index contributed by atoms with van der Waals surface area (Å²) in [6, 6.07) is 3.12. The highest BCUT2D eigenvalue weighted by Gasteiger charge is 2.22. The van der Waals surface area contributed by atoms with Gasteiger partial charge in [-0.2, -0.15) is 0 Å². The van der Waals surface area contributed by atoms with Crippen molar-refractivity contribution in [3.63, 3.8) is 0 Å². The molecule has 0 amide bonds. The molecule has 0 aliphatic heterocycles. The van der Waals surface area contributed by atoms with Crippen LogP contribution in [-0.4, -0.2) is 28.2 Å². The molecule has 0 radical (unpaired) electrons. The summed E-state index contributed by atoms with van der Waals surface area (Å²) in [7, 11) is -3.60. The summed E-state index contributed by atoms with van der Waals surface area (Å²) in [5.41, 5.74) is 6.13. The molecule has 3 N–H and O–H groups in total. The average Bonchev–Trinajstić information content (AvgIpc) is 3.10. The Morgan fingerprint density at radius 3 is 2.45 bits per heavy atom. The molecule has 5 nitrogen and oxygen atoms in total. The normalized spacial score (nSPS) is 15.5. The Balaban J connectivity index is 1.95. The number of sulfonamides is 1. The number of hydrogen-bond acceptors (Lipinski definition) is 4. The number of nitrogens with one attached hydrogen (secondary N) is 1. The first kappa shape index (κ1) is 16.2. The molecule has 0 heterocycles. The van der Waals surface area contributed by atoms with Crippen LogP contribution in [0.1, 0.15) is 12.8 Å². The van der Waals surface area contributed by atoms with E-state index in [1.807, 2.05) is 0 Å². The number of halogens is 2. The van der Waals surface area contributed by atoms with Gasteiger partial charge < -0.3 is 10.5 Å². The van der Waals surface area contributed by atoms with Crippen LogP contribution in [0.4, 0.5) is 5.69 Å². The van der Waals surface area contributed by atoms with Crippen molar-refractivity contribution in [2.45, 2.75) is 17.7 Å². The van der Waals surface area contributed by atoms with Crippen molar-refractivity contribution in [1.29, 1.82) is 0 Å². The van der Waals surface area contributed by atoms with Crippen molar-refractivity contribution in [1.82, 2.24) is 4.72 Å². The van der Waals surface area contributed by atoms with Gasteiger partial charge in [-0.25, -0.2) is 13.1 Å². The Bertz CT molecular complexity index is 565. The fourth-order valence-corrected chi connectivity index (χ4v) is 5.32. The topological polar surface area (TPSA) is 81.4 Å². The molecular formula is C12H16Br2N2O3S. The molecular weight excluding hydrogens is 412 g/mol. The molecule has 1 aromatic rings. The van der Waals surface area contributed by atoms with E-state index >= 15 is 0 Å². The van der Waals surface area contributed by atoms with E-state index in [-0.39, 0.29) is 11.4 Å². The van der Waals surface area contributed by atoms with Crippen LogP contribution in [0, 0.1) is 5.92 Å². The molecule has 112 valence electrons. The summed E-state index contributed by atoms with van der Waals surface area (Å²) in [5.74, 6) is 0.673. The first-order valence-corrected chi connectivity index (χ1v) is 9.29. The molecule has 1 aliphatic rings. The molecule has 1 aromatic carbocycles. The first-order chi connectivity index (χ1) is 9.40. The molecule has 2 rings (SSSR count). The lowest BCUT2D eigenvalue weighted by Crippen LogP contribution is -2.28. The molecule has 1 saturated carbocycles. The fraction of sp³-hybridized carbons (Fsp3) is 0.500. The SMILES string of the molecule is Nc1cc(Br)c(S(=O)(=O)NCCOCC2CC2)c(Br)c1. The van der Waals surface area contributed by atoms with Gasteiger partial charge in [-0.05, 0) is 62.8 Å². The van der Waals surface area contributed by atoms with E-state index in [4.69, 9.17) is 10.5 Å². The lowest BCUT2D eigenvalue weighted by Gasteiger charge is -2.11. The van der Waals surface area contributed by atoms with Gasteiger partial charge in [-0.3, -0.25) is 0 Å². The third kappa shape index (κ3) is 4.42. The van der Waals surface area contributed by atoms with Gasteiger partial charge in [0.15, 0.2) is 0 Å². The van der Waals surface area contributed by atoms with Crippen LogP contribution in [0.25, 0.3) is 0 Å². The zero-order valence-corrected chi connectivity index (χ0v) is 14.7. The maximum atomic E-state index is 12.2. The highest BCUT2D eigenvalue weighted by atomic mass is 79.9. The molecule has 1 fully saturated rings. The van der Waals surface area contributed by atoms with Crippen LogP contribution in [0.5, 0.6) is 0 Å². The molecule has 20 heavy (non-hydrogen) atoms. The van der Waals surface area contributed by atoms with Crippen molar-refractivity contribution in [3.05, 3.63) is 21.1 Å². The van der Waals surface area contributed by atoms with Gasteiger partial charge in [-0.15, -0.1) is 0 Å². The van der Waals surface area contributed by atoms with E-state index in [1.54, 1.807) is 12.1 Å². The van der Waals surface area contributed by atoms with Gasteiger partial charge in [0.2, 0.25) is 10.0 Å². The van der Waals surface area contributed by atoms with E-state index in [2.05, 4.69) is 36.6 Å². The second kappa shape index (κ2) is 6.74. The third-order valence-corrected chi connectivity index (χ3v) is 6.22. The van der Waals surface area contributed by atoms with Crippen LogP contribution in [-0.2, 0) is 14.8 Å².